The number of amides is 1. The first-order chi connectivity index (χ1) is 9.65. The summed E-state index contributed by atoms with van der Waals surface area (Å²) in [5.41, 5.74) is 0. The van der Waals surface area contributed by atoms with Gasteiger partial charge in [0.1, 0.15) is 25.4 Å². The third-order valence-electron chi connectivity index (χ3n) is 3.35. The summed E-state index contributed by atoms with van der Waals surface area (Å²) in [5.74, 6) is -1.86. The van der Waals surface area contributed by atoms with Gasteiger partial charge in [-0.25, -0.2) is 0 Å². The van der Waals surface area contributed by atoms with E-state index in [4.69, 9.17) is 14.2 Å². The Balaban J connectivity index is 2.15. The number of hydrogen-bond acceptors (Lipinski definition) is 5. The second kappa shape index (κ2) is 6.60. The van der Waals surface area contributed by atoms with E-state index in [2.05, 4.69) is 0 Å². The molecule has 7 heteroatoms. The van der Waals surface area contributed by atoms with Crippen LogP contribution in [0, 0.1) is 5.92 Å². The summed E-state index contributed by atoms with van der Waals surface area (Å²) in [5, 5.41) is 9.20. The van der Waals surface area contributed by atoms with Gasteiger partial charge in [-0.05, 0) is 6.42 Å². The number of aliphatic carboxylic acids is 1. The van der Waals surface area contributed by atoms with E-state index < -0.39 is 17.9 Å². The van der Waals surface area contributed by atoms with Crippen molar-refractivity contribution in [1.29, 1.82) is 0 Å². The Hall–Kier alpha value is -1.76. The fourth-order valence-electron chi connectivity index (χ4n) is 2.37. The number of hydrogen-bond donors (Lipinski definition) is 1. The first-order valence-corrected chi connectivity index (χ1v) is 6.71. The molecule has 0 aromatic carbocycles. The van der Waals surface area contributed by atoms with Crippen molar-refractivity contribution in [2.45, 2.75) is 19.4 Å². The van der Waals surface area contributed by atoms with Crippen LogP contribution in [-0.2, 0) is 23.8 Å². The molecule has 0 bridgehead atoms. The molecule has 1 amide bonds. The lowest BCUT2D eigenvalue weighted by molar-refractivity contribution is -0.145. The Labute approximate surface area is 117 Å². The molecule has 2 atom stereocenters. The van der Waals surface area contributed by atoms with Crippen LogP contribution in [0.3, 0.4) is 0 Å². The molecular formula is C13H19NO6. The second-order valence-corrected chi connectivity index (χ2v) is 4.75. The molecule has 0 spiro atoms. The van der Waals surface area contributed by atoms with Crippen LogP contribution < -0.4 is 0 Å². The molecule has 1 fully saturated rings. The van der Waals surface area contributed by atoms with Gasteiger partial charge in [-0.1, -0.05) is 6.92 Å². The van der Waals surface area contributed by atoms with Gasteiger partial charge in [-0.3, -0.25) is 9.59 Å². The molecule has 20 heavy (non-hydrogen) atoms. The lowest BCUT2D eigenvalue weighted by atomic mass is 10.0. The molecule has 2 aliphatic rings. The number of nitrogens with zero attached hydrogens (tertiary/aromatic N) is 1. The van der Waals surface area contributed by atoms with E-state index in [9.17, 15) is 14.7 Å². The maximum atomic E-state index is 12.4. The first kappa shape index (κ1) is 14.6. The van der Waals surface area contributed by atoms with Gasteiger partial charge in [0, 0.05) is 6.54 Å². The summed E-state index contributed by atoms with van der Waals surface area (Å²) in [4.78, 5) is 25.2. The first-order valence-electron chi connectivity index (χ1n) is 6.71. The van der Waals surface area contributed by atoms with Crippen molar-refractivity contribution in [1.82, 2.24) is 4.90 Å². The highest BCUT2D eigenvalue weighted by Gasteiger charge is 2.41. The average Bonchev–Trinajstić information content (AvgIpc) is 2.94. The smallest absolute Gasteiger partial charge is 0.311 e. The van der Waals surface area contributed by atoms with Gasteiger partial charge in [0.15, 0.2) is 0 Å². The zero-order valence-electron chi connectivity index (χ0n) is 11.4. The van der Waals surface area contributed by atoms with Crippen molar-refractivity contribution in [3.8, 4) is 0 Å². The van der Waals surface area contributed by atoms with Crippen LogP contribution >= 0.6 is 0 Å². The minimum Gasteiger partial charge on any atom is -0.494 e. The van der Waals surface area contributed by atoms with Crippen LogP contribution in [0.25, 0.3) is 0 Å². The highest BCUT2D eigenvalue weighted by Crippen LogP contribution is 2.23. The van der Waals surface area contributed by atoms with E-state index in [1.165, 1.54) is 11.2 Å². The number of carbonyl (C=O) groups excluding carboxylic acids is 1. The van der Waals surface area contributed by atoms with Crippen LogP contribution in [0.2, 0.25) is 0 Å². The zero-order valence-corrected chi connectivity index (χ0v) is 11.4. The Morgan fingerprint density at radius 1 is 1.40 bits per heavy atom. The number of carboxylic acid groups (broad SMARTS) is 1. The van der Waals surface area contributed by atoms with Gasteiger partial charge in [-0.15, -0.1) is 0 Å². The maximum Gasteiger partial charge on any atom is 0.311 e. The standard InChI is InChI=1S/C13H19NO6/c1-2-3-14(10-7-19-6-9(10)13(16)17)12(15)11-8-18-4-5-20-11/h8-10H,2-7H2,1H3,(H,16,17). The van der Waals surface area contributed by atoms with Crippen molar-refractivity contribution in [3.05, 3.63) is 12.0 Å². The Morgan fingerprint density at radius 3 is 2.80 bits per heavy atom. The predicted molar refractivity (Wildman–Crippen MR) is 67.7 cm³/mol. The second-order valence-electron chi connectivity index (χ2n) is 4.75. The molecule has 0 aromatic rings. The summed E-state index contributed by atoms with van der Waals surface area (Å²) in [6, 6.07) is -0.466. The molecule has 112 valence electrons. The monoisotopic (exact) mass is 285 g/mol. The highest BCUT2D eigenvalue weighted by atomic mass is 16.6. The zero-order chi connectivity index (χ0) is 14.5. The molecular weight excluding hydrogens is 266 g/mol. The molecule has 1 N–H and O–H groups in total. The maximum absolute atomic E-state index is 12.4. The Bertz CT molecular complexity index is 408. The SMILES string of the molecule is CCCN(C(=O)C1=COCCO1)C1COCC1C(=O)O. The summed E-state index contributed by atoms with van der Waals surface area (Å²) in [6.07, 6.45) is 2.02. The molecule has 2 aliphatic heterocycles. The van der Waals surface area contributed by atoms with E-state index in [-0.39, 0.29) is 24.9 Å². The summed E-state index contributed by atoms with van der Waals surface area (Å²) in [7, 11) is 0. The van der Waals surface area contributed by atoms with Crippen molar-refractivity contribution in [3.63, 3.8) is 0 Å². The highest BCUT2D eigenvalue weighted by molar-refractivity contribution is 5.92. The van der Waals surface area contributed by atoms with Gasteiger partial charge in [-0.2, -0.15) is 0 Å². The molecule has 0 radical (unpaired) electrons. The summed E-state index contributed by atoms with van der Waals surface area (Å²) >= 11 is 0. The van der Waals surface area contributed by atoms with Crippen molar-refractivity contribution >= 4 is 11.9 Å². The lowest BCUT2D eigenvalue weighted by Crippen LogP contribution is -2.48. The molecule has 0 saturated carbocycles. The quantitative estimate of drug-likeness (QED) is 0.777. The largest absolute Gasteiger partial charge is 0.494 e. The van der Waals surface area contributed by atoms with Gasteiger partial charge in [0.25, 0.3) is 5.91 Å². The molecule has 7 nitrogen and oxygen atoms in total. The number of carbonyl (C=O) groups is 2. The molecule has 2 rings (SSSR count). The van der Waals surface area contributed by atoms with Gasteiger partial charge < -0.3 is 24.2 Å². The average molecular weight is 285 g/mol. The van der Waals surface area contributed by atoms with Gasteiger partial charge in [0.05, 0.1) is 19.3 Å². The van der Waals surface area contributed by atoms with Gasteiger partial charge >= 0.3 is 5.97 Å². The van der Waals surface area contributed by atoms with Crippen LogP contribution in [0.1, 0.15) is 13.3 Å². The normalized spacial score (nSPS) is 25.4. The molecule has 2 heterocycles. The van der Waals surface area contributed by atoms with E-state index in [0.717, 1.165) is 6.42 Å². The lowest BCUT2D eigenvalue weighted by Gasteiger charge is -2.31. The Morgan fingerprint density at radius 2 is 2.20 bits per heavy atom. The van der Waals surface area contributed by atoms with Crippen LogP contribution in [0.4, 0.5) is 0 Å². The predicted octanol–water partition coefficient (Wildman–Crippen LogP) is 0.213. The summed E-state index contributed by atoms with van der Waals surface area (Å²) < 4.78 is 15.6. The van der Waals surface area contributed by atoms with E-state index >= 15 is 0 Å². The van der Waals surface area contributed by atoms with Crippen LogP contribution in [0.5, 0.6) is 0 Å². The van der Waals surface area contributed by atoms with Crippen LogP contribution in [-0.4, -0.2) is 60.9 Å². The van der Waals surface area contributed by atoms with Crippen LogP contribution in [0.15, 0.2) is 12.0 Å². The van der Waals surface area contributed by atoms with Crippen molar-refractivity contribution in [2.75, 3.05) is 33.0 Å². The third kappa shape index (κ3) is 3.04. The fraction of sp³-hybridized carbons (Fsp3) is 0.692. The van der Waals surface area contributed by atoms with Gasteiger partial charge in [0.2, 0.25) is 5.76 Å². The molecule has 0 aromatic heterocycles. The molecule has 0 aliphatic carbocycles. The van der Waals surface area contributed by atoms with Crippen molar-refractivity contribution < 1.29 is 28.9 Å². The summed E-state index contributed by atoms with van der Waals surface area (Å²) in [6.45, 7) is 3.48. The van der Waals surface area contributed by atoms with E-state index in [1.54, 1.807) is 0 Å². The molecule has 1 saturated heterocycles. The third-order valence-corrected chi connectivity index (χ3v) is 3.35. The fourth-order valence-corrected chi connectivity index (χ4v) is 2.37. The van der Waals surface area contributed by atoms with E-state index in [1.807, 2.05) is 6.92 Å². The minimum atomic E-state index is -0.948. The Kier molecular flexibility index (Phi) is 4.84. The van der Waals surface area contributed by atoms with Crippen molar-refractivity contribution in [2.24, 2.45) is 5.92 Å². The minimum absolute atomic E-state index is 0.126. The number of carboxylic acids is 1. The number of ether oxygens (including phenoxy) is 3. The topological polar surface area (TPSA) is 85.3 Å². The van der Waals surface area contributed by atoms with E-state index in [0.29, 0.717) is 19.8 Å². The number of rotatable bonds is 5. The molecule has 2 unspecified atom stereocenters.